The predicted molar refractivity (Wildman–Crippen MR) is 42.3 cm³/mol. The number of aromatic nitrogens is 2. The van der Waals surface area contributed by atoms with Gasteiger partial charge in [0.15, 0.2) is 5.16 Å². The smallest absolute Gasteiger partial charge is 0.328 e. The van der Waals surface area contributed by atoms with Gasteiger partial charge in [-0.1, -0.05) is 11.8 Å². The lowest BCUT2D eigenvalue weighted by molar-refractivity contribution is -0.0329. The molecular formula is C5H5F3N2S2. The average molecular weight is 214 g/mol. The molecule has 0 saturated heterocycles. The number of halogens is 3. The van der Waals surface area contributed by atoms with Crippen molar-refractivity contribution in [2.24, 2.45) is 0 Å². The number of aromatic amines is 1. The first kappa shape index (κ1) is 9.79. The summed E-state index contributed by atoms with van der Waals surface area (Å²) in [5.41, 5.74) is -4.25. The highest BCUT2D eigenvalue weighted by Crippen LogP contribution is 2.36. The summed E-state index contributed by atoms with van der Waals surface area (Å²) in [6.45, 7) is 0. The van der Waals surface area contributed by atoms with Crippen molar-refractivity contribution in [1.82, 2.24) is 9.97 Å². The van der Waals surface area contributed by atoms with Gasteiger partial charge >= 0.3 is 5.51 Å². The van der Waals surface area contributed by atoms with Gasteiger partial charge in [0.25, 0.3) is 0 Å². The molecule has 0 amide bonds. The third kappa shape index (κ3) is 2.98. The quantitative estimate of drug-likeness (QED) is 0.767. The van der Waals surface area contributed by atoms with Gasteiger partial charge in [-0.05, 0) is 6.26 Å². The molecule has 1 N–H and O–H groups in total. The van der Waals surface area contributed by atoms with Gasteiger partial charge in [0.05, 0.1) is 6.20 Å². The first-order valence-electron chi connectivity index (χ1n) is 2.86. The van der Waals surface area contributed by atoms with E-state index in [4.69, 9.17) is 0 Å². The monoisotopic (exact) mass is 214 g/mol. The maximum atomic E-state index is 11.8. The average Bonchev–Trinajstić information content (AvgIpc) is 2.32. The molecule has 12 heavy (non-hydrogen) atoms. The third-order valence-corrected chi connectivity index (χ3v) is 2.20. The van der Waals surface area contributed by atoms with Gasteiger partial charge in [-0.15, -0.1) is 0 Å². The molecule has 7 heteroatoms. The van der Waals surface area contributed by atoms with Crippen molar-refractivity contribution in [1.29, 1.82) is 0 Å². The maximum Gasteiger partial charge on any atom is 0.447 e. The molecule has 1 rings (SSSR count). The van der Waals surface area contributed by atoms with Crippen LogP contribution in [0, 0.1) is 0 Å². The van der Waals surface area contributed by atoms with Crippen LogP contribution in [-0.4, -0.2) is 21.7 Å². The lowest BCUT2D eigenvalue weighted by Gasteiger charge is -2.01. The zero-order valence-corrected chi connectivity index (χ0v) is 7.61. The van der Waals surface area contributed by atoms with Gasteiger partial charge < -0.3 is 4.98 Å². The molecule has 0 saturated carbocycles. The minimum atomic E-state index is -4.25. The third-order valence-electron chi connectivity index (χ3n) is 0.948. The Morgan fingerprint density at radius 3 is 2.58 bits per heavy atom. The van der Waals surface area contributed by atoms with E-state index in [-0.39, 0.29) is 16.8 Å². The molecule has 0 aliphatic carbocycles. The largest absolute Gasteiger partial charge is 0.447 e. The van der Waals surface area contributed by atoms with Crippen molar-refractivity contribution >= 4 is 23.5 Å². The topological polar surface area (TPSA) is 28.7 Å². The minimum absolute atomic E-state index is 0.0202. The second-order valence-corrected chi connectivity index (χ2v) is 3.71. The molecule has 1 heterocycles. The molecule has 2 nitrogen and oxygen atoms in total. The molecule has 0 fully saturated rings. The molecule has 0 bridgehead atoms. The number of alkyl halides is 3. The maximum absolute atomic E-state index is 11.8. The molecule has 68 valence electrons. The highest BCUT2D eigenvalue weighted by atomic mass is 32.2. The first-order valence-corrected chi connectivity index (χ1v) is 4.90. The van der Waals surface area contributed by atoms with Gasteiger partial charge in [-0.2, -0.15) is 13.2 Å². The lowest BCUT2D eigenvalue weighted by Crippen LogP contribution is -1.98. The van der Waals surface area contributed by atoms with E-state index in [0.29, 0.717) is 5.16 Å². The Labute approximate surface area is 75.3 Å². The minimum Gasteiger partial charge on any atom is -0.328 e. The molecule has 0 radical (unpaired) electrons. The van der Waals surface area contributed by atoms with E-state index in [9.17, 15) is 13.2 Å². The Morgan fingerprint density at radius 2 is 2.17 bits per heavy atom. The Bertz CT molecular complexity index is 257. The van der Waals surface area contributed by atoms with Crippen LogP contribution in [0.15, 0.2) is 16.4 Å². The fourth-order valence-electron chi connectivity index (χ4n) is 0.567. The van der Waals surface area contributed by atoms with Crippen molar-refractivity contribution in [3.8, 4) is 0 Å². The highest BCUT2D eigenvalue weighted by Gasteiger charge is 2.30. The Kier molecular flexibility index (Phi) is 2.94. The summed E-state index contributed by atoms with van der Waals surface area (Å²) in [4.78, 5) is 6.22. The second-order valence-electron chi connectivity index (χ2n) is 1.80. The Morgan fingerprint density at radius 1 is 1.50 bits per heavy atom. The van der Waals surface area contributed by atoms with Gasteiger partial charge in [0, 0.05) is 11.8 Å². The number of H-pyrrole nitrogens is 1. The van der Waals surface area contributed by atoms with Crippen molar-refractivity contribution in [2.75, 3.05) is 6.26 Å². The number of hydrogen-bond donors (Lipinski definition) is 1. The zero-order valence-electron chi connectivity index (χ0n) is 5.97. The summed E-state index contributed by atoms with van der Waals surface area (Å²) in [5.74, 6) is 0. The van der Waals surface area contributed by atoms with Crippen molar-refractivity contribution < 1.29 is 13.2 Å². The predicted octanol–water partition coefficient (Wildman–Crippen LogP) is 2.74. The van der Waals surface area contributed by atoms with Crippen LogP contribution in [0.25, 0.3) is 0 Å². The van der Waals surface area contributed by atoms with Crippen LogP contribution < -0.4 is 0 Å². The van der Waals surface area contributed by atoms with Gasteiger partial charge in [-0.3, -0.25) is 0 Å². The van der Waals surface area contributed by atoms with Crippen LogP contribution in [0.4, 0.5) is 13.2 Å². The van der Waals surface area contributed by atoms with E-state index in [1.807, 2.05) is 0 Å². The summed E-state index contributed by atoms with van der Waals surface area (Å²) in [6.07, 6.45) is 2.91. The van der Waals surface area contributed by atoms with Crippen LogP contribution in [0.2, 0.25) is 0 Å². The molecule has 0 aliphatic rings. The van der Waals surface area contributed by atoms with E-state index >= 15 is 0 Å². The fourth-order valence-corrected chi connectivity index (χ4v) is 1.50. The van der Waals surface area contributed by atoms with Crippen molar-refractivity contribution in [3.63, 3.8) is 0 Å². The molecule has 0 unspecified atom stereocenters. The summed E-state index contributed by atoms with van der Waals surface area (Å²) in [5, 5.41) is 0.508. The molecule has 1 aromatic rings. The zero-order chi connectivity index (χ0) is 9.19. The number of nitrogens with one attached hydrogen (secondary N) is 1. The van der Waals surface area contributed by atoms with Crippen molar-refractivity contribution in [2.45, 2.75) is 15.7 Å². The van der Waals surface area contributed by atoms with Crippen LogP contribution >= 0.6 is 23.5 Å². The number of rotatable bonds is 2. The van der Waals surface area contributed by atoms with E-state index in [1.165, 1.54) is 18.0 Å². The van der Waals surface area contributed by atoms with Crippen LogP contribution in [0.1, 0.15) is 0 Å². The fraction of sp³-hybridized carbons (Fsp3) is 0.400. The first-order chi connectivity index (χ1) is 5.51. The molecule has 0 atom stereocenters. The van der Waals surface area contributed by atoms with Gasteiger partial charge in [0.2, 0.25) is 0 Å². The van der Waals surface area contributed by atoms with E-state index < -0.39 is 5.51 Å². The number of nitrogens with zero attached hydrogens (tertiary/aromatic N) is 1. The summed E-state index contributed by atoms with van der Waals surface area (Å²) in [6, 6.07) is 0. The van der Waals surface area contributed by atoms with E-state index in [0.717, 1.165) is 0 Å². The van der Waals surface area contributed by atoms with Crippen LogP contribution in [0.5, 0.6) is 0 Å². The molecular weight excluding hydrogens is 209 g/mol. The van der Waals surface area contributed by atoms with E-state index in [2.05, 4.69) is 9.97 Å². The Hall–Kier alpha value is -0.300. The van der Waals surface area contributed by atoms with Crippen LogP contribution in [-0.2, 0) is 0 Å². The number of thioether (sulfide) groups is 2. The Balaban J connectivity index is 2.64. The van der Waals surface area contributed by atoms with Gasteiger partial charge in [0.1, 0.15) is 5.03 Å². The molecule has 1 aromatic heterocycles. The van der Waals surface area contributed by atoms with E-state index in [1.54, 1.807) is 6.26 Å². The number of hydrogen-bond acceptors (Lipinski definition) is 3. The second kappa shape index (κ2) is 3.61. The summed E-state index contributed by atoms with van der Waals surface area (Å²) < 4.78 is 35.3. The standard InChI is InChI=1S/C5H5F3N2S2/c1-11-4-9-2-3(10-4)12-5(6,7)8/h2H,1H3,(H,9,10). The van der Waals surface area contributed by atoms with Crippen molar-refractivity contribution in [3.05, 3.63) is 6.20 Å². The summed E-state index contributed by atoms with van der Waals surface area (Å²) in [7, 11) is 0. The number of imidazole rings is 1. The van der Waals surface area contributed by atoms with Crippen LogP contribution in [0.3, 0.4) is 0 Å². The lowest BCUT2D eigenvalue weighted by atomic mass is 11.0. The SMILES string of the molecule is CSc1ncc(SC(F)(F)F)[nH]1. The normalized spacial score (nSPS) is 12.0. The molecule has 0 aliphatic heterocycles. The summed E-state index contributed by atoms with van der Waals surface area (Å²) >= 11 is 1.07. The highest BCUT2D eigenvalue weighted by molar-refractivity contribution is 8.00. The molecule has 0 spiro atoms. The molecule has 0 aromatic carbocycles. The van der Waals surface area contributed by atoms with Gasteiger partial charge in [-0.25, -0.2) is 4.98 Å².